The van der Waals surface area contributed by atoms with Crippen molar-refractivity contribution in [3.05, 3.63) is 23.8 Å². The van der Waals surface area contributed by atoms with E-state index in [9.17, 15) is 0 Å². The molecule has 84 valence electrons. The number of nitrogens with one attached hydrogen (secondary N) is 1. The summed E-state index contributed by atoms with van der Waals surface area (Å²) in [5, 5.41) is 11.8. The van der Waals surface area contributed by atoms with Crippen molar-refractivity contribution < 1.29 is 9.47 Å². The number of benzene rings is 1. The zero-order valence-corrected chi connectivity index (χ0v) is 9.19. The van der Waals surface area contributed by atoms with Crippen LogP contribution in [0.2, 0.25) is 0 Å². The molecule has 0 aliphatic carbocycles. The van der Waals surface area contributed by atoms with Crippen molar-refractivity contribution in [2.24, 2.45) is 0 Å². The maximum Gasteiger partial charge on any atom is 0.231 e. The second-order valence-corrected chi connectivity index (χ2v) is 3.83. The van der Waals surface area contributed by atoms with E-state index in [1.165, 1.54) is 0 Å². The van der Waals surface area contributed by atoms with Gasteiger partial charge in [0.15, 0.2) is 11.5 Å². The van der Waals surface area contributed by atoms with Gasteiger partial charge in [-0.15, -0.1) is 0 Å². The predicted molar refractivity (Wildman–Crippen MR) is 59.1 cm³/mol. The Balaban J connectivity index is 1.93. The number of hydrogen-bond acceptors (Lipinski definition) is 4. The molecule has 0 fully saturated rings. The number of hydrogen-bond donors (Lipinski definition) is 1. The van der Waals surface area contributed by atoms with E-state index < -0.39 is 0 Å². The van der Waals surface area contributed by atoms with E-state index in [0.717, 1.165) is 23.6 Å². The lowest BCUT2D eigenvalue weighted by Gasteiger charge is -2.10. The summed E-state index contributed by atoms with van der Waals surface area (Å²) in [5.41, 5.74) is 1.13. The molecule has 1 unspecified atom stereocenters. The molecule has 1 aromatic carbocycles. The number of nitrogens with zero attached hydrogens (tertiary/aromatic N) is 1. The molecule has 1 aromatic rings. The molecule has 16 heavy (non-hydrogen) atoms. The monoisotopic (exact) mass is 218 g/mol. The van der Waals surface area contributed by atoms with Crippen LogP contribution in [0.25, 0.3) is 0 Å². The van der Waals surface area contributed by atoms with Crippen LogP contribution in [0.3, 0.4) is 0 Å². The third kappa shape index (κ3) is 2.44. The van der Waals surface area contributed by atoms with Gasteiger partial charge in [0.1, 0.15) is 0 Å². The molecule has 4 heteroatoms. The van der Waals surface area contributed by atoms with Gasteiger partial charge in [0.2, 0.25) is 6.79 Å². The Morgan fingerprint density at radius 1 is 1.44 bits per heavy atom. The van der Waals surface area contributed by atoms with E-state index in [0.29, 0.717) is 13.2 Å². The van der Waals surface area contributed by atoms with Crippen molar-refractivity contribution >= 4 is 0 Å². The number of rotatable bonds is 4. The summed E-state index contributed by atoms with van der Waals surface area (Å²) in [7, 11) is 0. The van der Waals surface area contributed by atoms with Crippen LogP contribution in [0.1, 0.15) is 18.9 Å². The Morgan fingerprint density at radius 2 is 2.25 bits per heavy atom. The first-order valence-corrected chi connectivity index (χ1v) is 5.28. The summed E-state index contributed by atoms with van der Waals surface area (Å²) in [5.74, 6) is 1.60. The highest BCUT2D eigenvalue weighted by atomic mass is 16.7. The molecule has 1 aliphatic rings. The van der Waals surface area contributed by atoms with Crippen LogP contribution in [0.5, 0.6) is 11.5 Å². The van der Waals surface area contributed by atoms with E-state index in [2.05, 4.69) is 11.4 Å². The minimum atomic E-state index is 0.204. The molecule has 0 bridgehead atoms. The van der Waals surface area contributed by atoms with Crippen molar-refractivity contribution in [3.8, 4) is 17.6 Å². The first-order chi connectivity index (χ1) is 7.79. The van der Waals surface area contributed by atoms with E-state index in [1.54, 1.807) is 0 Å². The fourth-order valence-corrected chi connectivity index (χ4v) is 1.55. The Morgan fingerprint density at radius 3 is 3.06 bits per heavy atom. The quantitative estimate of drug-likeness (QED) is 0.837. The molecule has 0 saturated heterocycles. The second kappa shape index (κ2) is 4.86. The standard InChI is InChI=1S/C12H14N2O2/c1-9(4-5-13)14-7-10-2-3-11-12(6-10)16-8-15-11/h2-3,6,9,14H,4,7-8H2,1H3. The minimum Gasteiger partial charge on any atom is -0.454 e. The average Bonchev–Trinajstić information content (AvgIpc) is 2.74. The highest BCUT2D eigenvalue weighted by Crippen LogP contribution is 2.32. The highest BCUT2D eigenvalue weighted by Gasteiger charge is 2.13. The predicted octanol–water partition coefficient (Wildman–Crippen LogP) is 1.81. The Hall–Kier alpha value is -1.73. The van der Waals surface area contributed by atoms with Gasteiger partial charge in [0.25, 0.3) is 0 Å². The maximum atomic E-state index is 8.53. The SMILES string of the molecule is CC(CC#N)NCc1ccc2c(c1)OCO2. The third-order valence-electron chi connectivity index (χ3n) is 2.49. The molecule has 2 rings (SSSR count). The highest BCUT2D eigenvalue weighted by molar-refractivity contribution is 5.44. The number of fused-ring (bicyclic) bond motifs is 1. The van der Waals surface area contributed by atoms with Crippen LogP contribution in [0, 0.1) is 11.3 Å². The van der Waals surface area contributed by atoms with Gasteiger partial charge in [0.05, 0.1) is 12.5 Å². The number of nitriles is 1. The summed E-state index contributed by atoms with van der Waals surface area (Å²) in [6.07, 6.45) is 0.518. The lowest BCUT2D eigenvalue weighted by Crippen LogP contribution is -2.24. The fraction of sp³-hybridized carbons (Fsp3) is 0.417. The molecule has 1 aliphatic heterocycles. The van der Waals surface area contributed by atoms with Crippen LogP contribution >= 0.6 is 0 Å². The molecule has 0 radical (unpaired) electrons. The van der Waals surface area contributed by atoms with Gasteiger partial charge < -0.3 is 14.8 Å². The molecule has 1 heterocycles. The summed E-state index contributed by atoms with van der Waals surface area (Å²) in [6.45, 7) is 3.03. The van der Waals surface area contributed by atoms with Gasteiger partial charge in [-0.05, 0) is 24.6 Å². The van der Waals surface area contributed by atoms with Crippen molar-refractivity contribution in [2.75, 3.05) is 6.79 Å². The van der Waals surface area contributed by atoms with Gasteiger partial charge in [-0.2, -0.15) is 5.26 Å². The van der Waals surface area contributed by atoms with Gasteiger partial charge >= 0.3 is 0 Å². The average molecular weight is 218 g/mol. The van der Waals surface area contributed by atoms with Crippen LogP contribution in [-0.2, 0) is 6.54 Å². The van der Waals surface area contributed by atoms with Crippen molar-refractivity contribution in [3.63, 3.8) is 0 Å². The first kappa shape index (κ1) is 10.8. The molecule has 4 nitrogen and oxygen atoms in total. The Labute approximate surface area is 94.8 Å². The Kier molecular flexibility index (Phi) is 3.28. The van der Waals surface area contributed by atoms with E-state index >= 15 is 0 Å². The lowest BCUT2D eigenvalue weighted by molar-refractivity contribution is 0.174. The van der Waals surface area contributed by atoms with Crippen LogP contribution in [0.15, 0.2) is 18.2 Å². The molecular weight excluding hydrogens is 204 g/mol. The Bertz CT molecular complexity index is 412. The normalized spacial score (nSPS) is 14.5. The summed E-state index contributed by atoms with van der Waals surface area (Å²) in [6, 6.07) is 8.22. The summed E-state index contributed by atoms with van der Waals surface area (Å²) in [4.78, 5) is 0. The molecule has 0 spiro atoms. The first-order valence-electron chi connectivity index (χ1n) is 5.28. The van der Waals surface area contributed by atoms with Crippen molar-refractivity contribution in [2.45, 2.75) is 25.9 Å². The van der Waals surface area contributed by atoms with Crippen LogP contribution < -0.4 is 14.8 Å². The van der Waals surface area contributed by atoms with Crippen LogP contribution in [-0.4, -0.2) is 12.8 Å². The third-order valence-corrected chi connectivity index (χ3v) is 2.49. The van der Waals surface area contributed by atoms with Gasteiger partial charge in [-0.3, -0.25) is 0 Å². The summed E-state index contributed by atoms with van der Waals surface area (Å²) < 4.78 is 10.5. The van der Waals surface area contributed by atoms with E-state index in [4.69, 9.17) is 14.7 Å². The topological polar surface area (TPSA) is 54.3 Å². The van der Waals surface area contributed by atoms with Crippen LogP contribution in [0.4, 0.5) is 0 Å². The number of ether oxygens (including phenoxy) is 2. The van der Waals surface area contributed by atoms with E-state index in [1.807, 2.05) is 25.1 Å². The minimum absolute atomic E-state index is 0.204. The van der Waals surface area contributed by atoms with Gasteiger partial charge in [-0.1, -0.05) is 6.07 Å². The second-order valence-electron chi connectivity index (χ2n) is 3.83. The van der Waals surface area contributed by atoms with Crippen molar-refractivity contribution in [1.82, 2.24) is 5.32 Å². The fourth-order valence-electron chi connectivity index (χ4n) is 1.55. The zero-order chi connectivity index (χ0) is 11.4. The molecule has 0 saturated carbocycles. The smallest absolute Gasteiger partial charge is 0.231 e. The van der Waals surface area contributed by atoms with E-state index in [-0.39, 0.29) is 6.04 Å². The zero-order valence-electron chi connectivity index (χ0n) is 9.19. The van der Waals surface area contributed by atoms with Gasteiger partial charge in [0, 0.05) is 12.6 Å². The summed E-state index contributed by atoms with van der Waals surface area (Å²) >= 11 is 0. The van der Waals surface area contributed by atoms with Crippen molar-refractivity contribution in [1.29, 1.82) is 5.26 Å². The molecule has 1 atom stereocenters. The molecular formula is C12H14N2O2. The lowest BCUT2D eigenvalue weighted by atomic mass is 10.2. The largest absolute Gasteiger partial charge is 0.454 e. The molecule has 0 aromatic heterocycles. The molecule has 1 N–H and O–H groups in total. The van der Waals surface area contributed by atoms with Gasteiger partial charge in [-0.25, -0.2) is 0 Å². The molecule has 0 amide bonds. The maximum absolute atomic E-state index is 8.53.